The first-order chi connectivity index (χ1) is 9.00. The first kappa shape index (κ1) is 12.2. The number of aryl methyl sites for hydroxylation is 2. The van der Waals surface area contributed by atoms with E-state index in [9.17, 15) is 9.90 Å². The van der Waals surface area contributed by atoms with Crippen LogP contribution in [0.3, 0.4) is 0 Å². The molecule has 0 bridgehead atoms. The van der Waals surface area contributed by atoms with E-state index >= 15 is 0 Å². The highest BCUT2D eigenvalue weighted by atomic mass is 16.4. The molecule has 0 saturated heterocycles. The average Bonchev–Trinajstić information content (AvgIpc) is 2.73. The molecule has 2 aromatic rings. The van der Waals surface area contributed by atoms with Gasteiger partial charge in [0.2, 0.25) is 0 Å². The van der Waals surface area contributed by atoms with Crippen molar-refractivity contribution < 1.29 is 9.90 Å². The maximum Gasteiger partial charge on any atom is 0.336 e. The van der Waals surface area contributed by atoms with Crippen LogP contribution in [0.1, 0.15) is 52.0 Å². The number of fused-ring (bicyclic) bond motifs is 2. The Labute approximate surface area is 112 Å². The van der Waals surface area contributed by atoms with Crippen LogP contribution in [0.15, 0.2) is 12.1 Å². The third kappa shape index (κ3) is 1.65. The molecule has 1 atom stereocenters. The molecule has 0 fully saturated rings. The van der Waals surface area contributed by atoms with Gasteiger partial charge in [-0.15, -0.1) is 0 Å². The van der Waals surface area contributed by atoms with E-state index in [1.165, 1.54) is 0 Å². The van der Waals surface area contributed by atoms with Crippen molar-refractivity contribution in [2.75, 3.05) is 0 Å². The number of carbonyl (C=O) groups is 1. The lowest BCUT2D eigenvalue weighted by atomic mass is 9.95. The smallest absolute Gasteiger partial charge is 0.336 e. The fourth-order valence-corrected chi connectivity index (χ4v) is 3.12. The number of carboxylic acids is 1. The summed E-state index contributed by atoms with van der Waals surface area (Å²) in [6, 6.07) is 4.00. The van der Waals surface area contributed by atoms with E-state index in [-0.39, 0.29) is 0 Å². The minimum atomic E-state index is -0.827. The summed E-state index contributed by atoms with van der Waals surface area (Å²) in [6.45, 7) is 6.08. The van der Waals surface area contributed by atoms with Crippen molar-refractivity contribution in [1.29, 1.82) is 0 Å². The minimum Gasteiger partial charge on any atom is -0.478 e. The molecule has 98 valence electrons. The summed E-state index contributed by atoms with van der Waals surface area (Å²) >= 11 is 0. The Bertz CT molecular complexity index is 704. The molecule has 3 rings (SSSR count). The van der Waals surface area contributed by atoms with Crippen molar-refractivity contribution in [3.8, 4) is 0 Å². The molecular formula is C16H17NO2. The number of benzene rings is 1. The maximum atomic E-state index is 11.7. The predicted octanol–water partition coefficient (Wildman–Crippen LogP) is 3.60. The molecule has 1 heterocycles. The number of hydrogen-bond donors (Lipinski definition) is 1. The Morgan fingerprint density at radius 2 is 2.00 bits per heavy atom. The van der Waals surface area contributed by atoms with E-state index in [0.29, 0.717) is 11.5 Å². The van der Waals surface area contributed by atoms with Gasteiger partial charge in [-0.2, -0.15) is 0 Å². The normalized spacial score (nSPS) is 17.7. The Balaban J connectivity index is 2.53. The molecule has 1 aromatic heterocycles. The van der Waals surface area contributed by atoms with Crippen LogP contribution in [0.25, 0.3) is 10.9 Å². The highest BCUT2D eigenvalue weighted by Gasteiger charge is 2.28. The summed E-state index contributed by atoms with van der Waals surface area (Å²) in [7, 11) is 0. The topological polar surface area (TPSA) is 50.2 Å². The van der Waals surface area contributed by atoms with Crippen LogP contribution in [-0.2, 0) is 6.42 Å². The summed E-state index contributed by atoms with van der Waals surface area (Å²) in [4.78, 5) is 16.5. The molecular weight excluding hydrogens is 238 g/mol. The molecule has 0 radical (unpaired) electrons. The van der Waals surface area contributed by atoms with Crippen molar-refractivity contribution in [2.24, 2.45) is 0 Å². The van der Waals surface area contributed by atoms with E-state index in [4.69, 9.17) is 4.98 Å². The van der Waals surface area contributed by atoms with Crippen molar-refractivity contribution >= 4 is 16.9 Å². The predicted molar refractivity (Wildman–Crippen MR) is 74.9 cm³/mol. The summed E-state index contributed by atoms with van der Waals surface area (Å²) in [6.07, 6.45) is 1.82. The minimum absolute atomic E-state index is 0.359. The zero-order valence-electron chi connectivity index (χ0n) is 11.4. The molecule has 0 saturated carbocycles. The summed E-state index contributed by atoms with van der Waals surface area (Å²) in [5, 5.41) is 10.4. The molecule has 3 nitrogen and oxygen atoms in total. The van der Waals surface area contributed by atoms with Gasteiger partial charge < -0.3 is 5.11 Å². The molecule has 19 heavy (non-hydrogen) atoms. The van der Waals surface area contributed by atoms with E-state index in [0.717, 1.165) is 46.1 Å². The molecule has 0 spiro atoms. The number of pyridine rings is 1. The summed E-state index contributed by atoms with van der Waals surface area (Å²) < 4.78 is 0. The van der Waals surface area contributed by atoms with E-state index in [1.807, 2.05) is 26.0 Å². The van der Waals surface area contributed by atoms with E-state index in [1.54, 1.807) is 0 Å². The van der Waals surface area contributed by atoms with Gasteiger partial charge in [0.05, 0.1) is 11.1 Å². The third-order valence-electron chi connectivity index (χ3n) is 4.19. The van der Waals surface area contributed by atoms with Crippen LogP contribution in [-0.4, -0.2) is 16.1 Å². The van der Waals surface area contributed by atoms with Crippen LogP contribution < -0.4 is 0 Å². The number of hydrogen-bond acceptors (Lipinski definition) is 2. The fraction of sp³-hybridized carbons (Fsp3) is 0.375. The van der Waals surface area contributed by atoms with Gasteiger partial charge in [-0.1, -0.05) is 19.1 Å². The molecule has 3 heteroatoms. The Morgan fingerprint density at radius 1 is 1.32 bits per heavy atom. The van der Waals surface area contributed by atoms with Crippen LogP contribution in [0, 0.1) is 13.8 Å². The zero-order chi connectivity index (χ0) is 13.7. The second-order valence-electron chi connectivity index (χ2n) is 5.52. The number of nitrogens with zero attached hydrogens (tertiary/aromatic N) is 1. The van der Waals surface area contributed by atoms with Crippen molar-refractivity contribution in [3.63, 3.8) is 0 Å². The average molecular weight is 255 g/mol. The highest BCUT2D eigenvalue weighted by Crippen LogP contribution is 2.38. The van der Waals surface area contributed by atoms with Crippen molar-refractivity contribution in [3.05, 3.63) is 40.1 Å². The molecule has 0 amide bonds. The number of rotatable bonds is 1. The zero-order valence-corrected chi connectivity index (χ0v) is 11.4. The Hall–Kier alpha value is -1.90. The highest BCUT2D eigenvalue weighted by molar-refractivity contribution is 6.06. The van der Waals surface area contributed by atoms with Gasteiger partial charge in [0.15, 0.2) is 0 Å². The summed E-state index contributed by atoms with van der Waals surface area (Å²) in [5.74, 6) is -0.469. The second kappa shape index (κ2) is 4.05. The lowest BCUT2D eigenvalue weighted by Gasteiger charge is -2.14. The van der Waals surface area contributed by atoms with Crippen molar-refractivity contribution in [1.82, 2.24) is 4.98 Å². The van der Waals surface area contributed by atoms with Gasteiger partial charge in [-0.05, 0) is 49.3 Å². The van der Waals surface area contributed by atoms with Crippen LogP contribution >= 0.6 is 0 Å². The Kier molecular flexibility index (Phi) is 2.59. The molecule has 1 aliphatic carbocycles. The SMILES string of the molecule is Cc1ccc(C)c2c(C(=O)O)c3c(nc12)C(C)CC3. The third-order valence-corrected chi connectivity index (χ3v) is 4.19. The number of aromatic carboxylic acids is 1. The van der Waals surface area contributed by atoms with Gasteiger partial charge in [0.1, 0.15) is 0 Å². The van der Waals surface area contributed by atoms with Gasteiger partial charge in [0, 0.05) is 11.1 Å². The maximum absolute atomic E-state index is 11.7. The Morgan fingerprint density at radius 3 is 2.68 bits per heavy atom. The van der Waals surface area contributed by atoms with Gasteiger partial charge in [0.25, 0.3) is 0 Å². The number of carboxylic acid groups (broad SMARTS) is 1. The lowest BCUT2D eigenvalue weighted by molar-refractivity contribution is 0.0698. The monoisotopic (exact) mass is 255 g/mol. The standard InChI is InChI=1S/C16H17NO2/c1-8-4-5-10(3)15-12(8)13(16(18)19)11-7-6-9(2)14(11)17-15/h4-5,9H,6-7H2,1-3H3,(H,18,19). The van der Waals surface area contributed by atoms with Crippen LogP contribution in [0.4, 0.5) is 0 Å². The molecule has 1 aromatic carbocycles. The van der Waals surface area contributed by atoms with Crippen molar-refractivity contribution in [2.45, 2.75) is 39.5 Å². The fourth-order valence-electron chi connectivity index (χ4n) is 3.12. The van der Waals surface area contributed by atoms with E-state index in [2.05, 4.69) is 6.92 Å². The molecule has 1 aliphatic rings. The second-order valence-corrected chi connectivity index (χ2v) is 5.52. The van der Waals surface area contributed by atoms with Gasteiger partial charge in [-0.3, -0.25) is 4.98 Å². The molecule has 0 aliphatic heterocycles. The summed E-state index contributed by atoms with van der Waals surface area (Å²) in [5.41, 5.74) is 5.30. The lowest BCUT2D eigenvalue weighted by Crippen LogP contribution is -2.07. The first-order valence-electron chi connectivity index (χ1n) is 6.66. The molecule has 1 unspecified atom stereocenters. The molecule has 1 N–H and O–H groups in total. The van der Waals surface area contributed by atoms with E-state index < -0.39 is 5.97 Å². The van der Waals surface area contributed by atoms with Gasteiger partial charge in [-0.25, -0.2) is 4.79 Å². The van der Waals surface area contributed by atoms with Crippen LogP contribution in [0.2, 0.25) is 0 Å². The quantitative estimate of drug-likeness (QED) is 0.847. The largest absolute Gasteiger partial charge is 0.478 e. The first-order valence-corrected chi connectivity index (χ1v) is 6.66. The number of aromatic nitrogens is 1. The van der Waals surface area contributed by atoms with Gasteiger partial charge >= 0.3 is 5.97 Å². The van der Waals surface area contributed by atoms with Crippen LogP contribution in [0.5, 0.6) is 0 Å².